The molecule has 0 aliphatic heterocycles. The van der Waals surface area contributed by atoms with Crippen LogP contribution in [0.2, 0.25) is 0 Å². The fourth-order valence-electron chi connectivity index (χ4n) is 4.60. The van der Waals surface area contributed by atoms with E-state index in [4.69, 9.17) is 0 Å². The molecule has 1 aromatic carbocycles. The smallest absolute Gasteiger partial charge is 0.237 e. The van der Waals surface area contributed by atoms with Crippen molar-refractivity contribution in [1.82, 2.24) is 14.8 Å². The standard InChI is InChI=1S/C25H32N4OS2/c1-16-13-17(2)23(18(3)14-16)26-24(30)19(4)32-25-28-27-22(15-21-11-8-12-31-21)29(25)20-9-6-5-7-10-20/h8,11-14,19-20H,5-7,9-10,15H2,1-4H3,(H,26,30). The highest BCUT2D eigenvalue weighted by atomic mass is 32.2. The van der Waals surface area contributed by atoms with Crippen molar-refractivity contribution in [2.24, 2.45) is 0 Å². The summed E-state index contributed by atoms with van der Waals surface area (Å²) in [4.78, 5) is 14.4. The van der Waals surface area contributed by atoms with Crippen molar-refractivity contribution in [2.45, 2.75) is 82.7 Å². The summed E-state index contributed by atoms with van der Waals surface area (Å²) in [7, 11) is 0. The van der Waals surface area contributed by atoms with E-state index in [2.05, 4.69) is 56.7 Å². The second-order valence-corrected chi connectivity index (χ2v) is 11.2. The van der Waals surface area contributed by atoms with Gasteiger partial charge in [-0.15, -0.1) is 21.5 Å². The summed E-state index contributed by atoms with van der Waals surface area (Å²) in [5.74, 6) is 1.02. The van der Waals surface area contributed by atoms with Gasteiger partial charge in [-0.1, -0.05) is 54.8 Å². The van der Waals surface area contributed by atoms with Gasteiger partial charge in [0.05, 0.1) is 5.25 Å². The quantitative estimate of drug-likeness (QED) is 0.403. The predicted molar refractivity (Wildman–Crippen MR) is 134 cm³/mol. The third-order valence-electron chi connectivity index (χ3n) is 6.16. The van der Waals surface area contributed by atoms with Crippen molar-refractivity contribution >= 4 is 34.7 Å². The number of nitrogens with one attached hydrogen (secondary N) is 1. The van der Waals surface area contributed by atoms with E-state index in [0.717, 1.165) is 47.1 Å². The maximum Gasteiger partial charge on any atom is 0.237 e. The van der Waals surface area contributed by atoms with Gasteiger partial charge in [0.2, 0.25) is 5.91 Å². The average molecular weight is 469 g/mol. The predicted octanol–water partition coefficient (Wildman–Crippen LogP) is 6.48. The Kier molecular flexibility index (Phi) is 7.36. The molecule has 1 saturated carbocycles. The third-order valence-corrected chi connectivity index (χ3v) is 8.10. The number of anilines is 1. The molecule has 2 aromatic heterocycles. The SMILES string of the molecule is Cc1cc(C)c(NC(=O)C(C)Sc2nnc(Cc3cccs3)n2C2CCCCC2)c(C)c1. The molecule has 2 heterocycles. The molecule has 1 aliphatic carbocycles. The molecular weight excluding hydrogens is 436 g/mol. The number of thioether (sulfide) groups is 1. The van der Waals surface area contributed by atoms with Crippen LogP contribution in [-0.4, -0.2) is 25.9 Å². The van der Waals surface area contributed by atoms with E-state index in [-0.39, 0.29) is 11.2 Å². The van der Waals surface area contributed by atoms with Crippen LogP contribution in [0.3, 0.4) is 0 Å². The van der Waals surface area contributed by atoms with Gasteiger partial charge in [-0.3, -0.25) is 4.79 Å². The minimum absolute atomic E-state index is 0.00283. The molecule has 5 nitrogen and oxygen atoms in total. The molecule has 0 saturated heterocycles. The first-order valence-electron chi connectivity index (χ1n) is 11.4. The van der Waals surface area contributed by atoms with Gasteiger partial charge in [0, 0.05) is 23.0 Å². The second kappa shape index (κ2) is 10.2. The van der Waals surface area contributed by atoms with Crippen molar-refractivity contribution in [3.05, 3.63) is 57.0 Å². The summed E-state index contributed by atoms with van der Waals surface area (Å²) in [6, 6.07) is 8.87. The maximum absolute atomic E-state index is 13.1. The van der Waals surface area contributed by atoms with Crippen molar-refractivity contribution < 1.29 is 4.79 Å². The summed E-state index contributed by atoms with van der Waals surface area (Å²) in [6.07, 6.45) is 6.90. The van der Waals surface area contributed by atoms with Gasteiger partial charge >= 0.3 is 0 Å². The Bertz CT molecular complexity index is 1040. The van der Waals surface area contributed by atoms with E-state index in [0.29, 0.717) is 6.04 Å². The average Bonchev–Trinajstić information content (AvgIpc) is 3.41. The van der Waals surface area contributed by atoms with Crippen LogP contribution >= 0.6 is 23.1 Å². The highest BCUT2D eigenvalue weighted by Crippen LogP contribution is 2.35. The van der Waals surface area contributed by atoms with Crippen LogP contribution in [0.5, 0.6) is 0 Å². The van der Waals surface area contributed by atoms with Crippen molar-refractivity contribution in [1.29, 1.82) is 0 Å². The number of thiophene rings is 1. The summed E-state index contributed by atoms with van der Waals surface area (Å²) in [5, 5.41) is 15.0. The fourth-order valence-corrected chi connectivity index (χ4v) is 6.24. The first kappa shape index (κ1) is 23.1. The first-order valence-corrected chi connectivity index (χ1v) is 13.2. The van der Waals surface area contributed by atoms with Crippen LogP contribution in [0.25, 0.3) is 0 Å². The van der Waals surface area contributed by atoms with E-state index in [1.54, 1.807) is 11.3 Å². The molecule has 1 unspecified atom stereocenters. The van der Waals surface area contributed by atoms with Crippen molar-refractivity contribution in [3.63, 3.8) is 0 Å². The van der Waals surface area contributed by atoms with Crippen LogP contribution in [0.1, 0.15) is 72.5 Å². The van der Waals surface area contributed by atoms with Crippen molar-refractivity contribution in [3.8, 4) is 0 Å². The molecule has 0 bridgehead atoms. The molecular formula is C25H32N4OS2. The highest BCUT2D eigenvalue weighted by molar-refractivity contribution is 8.00. The van der Waals surface area contributed by atoms with Crippen LogP contribution < -0.4 is 5.32 Å². The van der Waals surface area contributed by atoms with Gasteiger partial charge < -0.3 is 9.88 Å². The zero-order valence-corrected chi connectivity index (χ0v) is 21.0. The lowest BCUT2D eigenvalue weighted by molar-refractivity contribution is -0.115. The van der Waals surface area contributed by atoms with Gasteiger partial charge in [-0.25, -0.2) is 0 Å². The largest absolute Gasteiger partial charge is 0.325 e. The molecule has 0 radical (unpaired) electrons. The number of nitrogens with zero attached hydrogens (tertiary/aromatic N) is 3. The Morgan fingerprint density at radius 2 is 1.91 bits per heavy atom. The van der Waals surface area contributed by atoms with E-state index >= 15 is 0 Å². The lowest BCUT2D eigenvalue weighted by Crippen LogP contribution is -2.24. The topological polar surface area (TPSA) is 59.8 Å². The zero-order valence-electron chi connectivity index (χ0n) is 19.4. The van der Waals surface area contributed by atoms with Crippen LogP contribution in [-0.2, 0) is 11.2 Å². The van der Waals surface area contributed by atoms with E-state index in [9.17, 15) is 4.79 Å². The Balaban J connectivity index is 1.53. The number of rotatable bonds is 7. The molecule has 1 amide bonds. The highest BCUT2D eigenvalue weighted by Gasteiger charge is 2.26. The normalized spacial score (nSPS) is 15.6. The second-order valence-electron chi connectivity index (χ2n) is 8.84. The number of hydrogen-bond acceptors (Lipinski definition) is 5. The molecule has 3 aromatic rings. The van der Waals surface area contributed by atoms with Crippen LogP contribution in [0, 0.1) is 20.8 Å². The van der Waals surface area contributed by atoms with Gasteiger partial charge in [0.15, 0.2) is 5.16 Å². The lowest BCUT2D eigenvalue weighted by Gasteiger charge is -2.26. The van der Waals surface area contributed by atoms with Gasteiger partial charge in [0.1, 0.15) is 5.82 Å². The van der Waals surface area contributed by atoms with Gasteiger partial charge in [-0.05, 0) is 63.1 Å². The molecule has 7 heteroatoms. The number of carbonyl (C=O) groups excluding carboxylic acids is 1. The maximum atomic E-state index is 13.1. The third kappa shape index (κ3) is 5.26. The summed E-state index contributed by atoms with van der Waals surface area (Å²) < 4.78 is 2.33. The summed E-state index contributed by atoms with van der Waals surface area (Å²) in [5.41, 5.74) is 4.31. The summed E-state index contributed by atoms with van der Waals surface area (Å²) in [6.45, 7) is 8.13. The molecule has 170 valence electrons. The van der Waals surface area contributed by atoms with E-state index in [1.807, 2.05) is 20.8 Å². The molecule has 1 aliphatic rings. The summed E-state index contributed by atoms with van der Waals surface area (Å²) >= 11 is 3.27. The monoisotopic (exact) mass is 468 g/mol. The molecule has 1 N–H and O–H groups in total. The van der Waals surface area contributed by atoms with Crippen LogP contribution in [0.4, 0.5) is 5.69 Å². The lowest BCUT2D eigenvalue weighted by atomic mass is 9.95. The molecule has 4 rings (SSSR count). The van der Waals surface area contributed by atoms with E-state index < -0.39 is 0 Å². The first-order chi connectivity index (χ1) is 15.4. The fraction of sp³-hybridized carbons (Fsp3) is 0.480. The molecule has 1 fully saturated rings. The number of aryl methyl sites for hydroxylation is 3. The Morgan fingerprint density at radius 3 is 2.56 bits per heavy atom. The molecule has 32 heavy (non-hydrogen) atoms. The van der Waals surface area contributed by atoms with Gasteiger partial charge in [-0.2, -0.15) is 0 Å². The number of benzene rings is 1. The van der Waals surface area contributed by atoms with Crippen LogP contribution in [0.15, 0.2) is 34.8 Å². The Hall–Kier alpha value is -2.12. The minimum Gasteiger partial charge on any atom is -0.325 e. The van der Waals surface area contributed by atoms with Gasteiger partial charge in [0.25, 0.3) is 0 Å². The molecule has 1 atom stereocenters. The Morgan fingerprint density at radius 1 is 1.19 bits per heavy atom. The van der Waals surface area contributed by atoms with E-state index in [1.165, 1.54) is 41.5 Å². The number of hydrogen-bond donors (Lipinski definition) is 1. The molecule has 0 spiro atoms. The number of carbonyl (C=O) groups is 1. The Labute approximate surface area is 199 Å². The number of amides is 1. The zero-order chi connectivity index (χ0) is 22.7. The number of aromatic nitrogens is 3. The minimum atomic E-state index is -0.267. The van der Waals surface area contributed by atoms with Crippen molar-refractivity contribution in [2.75, 3.05) is 5.32 Å².